The van der Waals surface area contributed by atoms with Crippen molar-refractivity contribution in [2.75, 3.05) is 38.2 Å². The van der Waals surface area contributed by atoms with Crippen LogP contribution in [0.4, 0.5) is 5.82 Å². The number of piperidine rings is 2. The Morgan fingerprint density at radius 3 is 2.57 bits per heavy atom. The van der Waals surface area contributed by atoms with Crippen LogP contribution >= 0.6 is 0 Å². The lowest BCUT2D eigenvalue weighted by Gasteiger charge is -2.37. The molecule has 2 aromatic heterocycles. The minimum atomic E-state index is 0.00273. The van der Waals surface area contributed by atoms with Gasteiger partial charge in [0, 0.05) is 38.6 Å². The maximum atomic E-state index is 13.0. The van der Waals surface area contributed by atoms with E-state index < -0.39 is 0 Å². The molecule has 2 aromatic rings. The third-order valence-corrected chi connectivity index (χ3v) is 5.46. The van der Waals surface area contributed by atoms with E-state index in [1.54, 1.807) is 31.8 Å². The van der Waals surface area contributed by atoms with Crippen LogP contribution in [0.15, 0.2) is 24.7 Å². The summed E-state index contributed by atoms with van der Waals surface area (Å²) >= 11 is 0. The molecule has 4 rings (SSSR count). The zero-order chi connectivity index (χ0) is 19.3. The van der Waals surface area contributed by atoms with Crippen LogP contribution in [-0.2, 0) is 4.79 Å². The van der Waals surface area contributed by atoms with E-state index in [0.29, 0.717) is 29.8 Å². The van der Waals surface area contributed by atoms with Crippen LogP contribution < -0.4 is 9.64 Å². The van der Waals surface area contributed by atoms with E-state index in [4.69, 9.17) is 4.74 Å². The summed E-state index contributed by atoms with van der Waals surface area (Å²) in [4.78, 5) is 34.7. The Labute approximate surface area is 165 Å². The fraction of sp³-hybridized carbons (Fsp3) is 0.550. The zero-order valence-electron chi connectivity index (χ0n) is 16.3. The molecule has 0 aromatic carbocycles. The Bertz CT molecular complexity index is 810. The van der Waals surface area contributed by atoms with E-state index in [9.17, 15) is 4.79 Å². The van der Waals surface area contributed by atoms with Gasteiger partial charge in [0.2, 0.25) is 5.91 Å². The fourth-order valence-corrected chi connectivity index (χ4v) is 4.00. The van der Waals surface area contributed by atoms with Gasteiger partial charge in [0.1, 0.15) is 0 Å². The second-order valence-corrected chi connectivity index (χ2v) is 7.33. The maximum Gasteiger partial charge on any atom is 0.227 e. The largest absolute Gasteiger partial charge is 0.491 e. The lowest BCUT2D eigenvalue weighted by molar-refractivity contribution is -0.136. The number of carbonyl (C=O) groups excluding carboxylic acids is 1. The molecule has 8 nitrogen and oxygen atoms in total. The third kappa shape index (κ3) is 3.90. The second-order valence-electron chi connectivity index (χ2n) is 7.33. The minimum Gasteiger partial charge on any atom is -0.491 e. The summed E-state index contributed by atoms with van der Waals surface area (Å²) in [5.74, 6) is 2.53. The molecule has 1 unspecified atom stereocenters. The van der Waals surface area contributed by atoms with E-state index in [0.717, 1.165) is 45.3 Å². The lowest BCUT2D eigenvalue weighted by atomic mass is 9.95. The Morgan fingerprint density at radius 2 is 1.82 bits per heavy atom. The van der Waals surface area contributed by atoms with E-state index in [1.807, 2.05) is 4.90 Å². The van der Waals surface area contributed by atoms with Crippen molar-refractivity contribution in [1.82, 2.24) is 24.8 Å². The van der Waals surface area contributed by atoms with E-state index in [1.165, 1.54) is 6.42 Å². The van der Waals surface area contributed by atoms with Crippen LogP contribution in [0.3, 0.4) is 0 Å². The van der Waals surface area contributed by atoms with Crippen molar-refractivity contribution in [2.45, 2.75) is 32.1 Å². The van der Waals surface area contributed by atoms with Crippen LogP contribution in [0, 0.1) is 5.92 Å². The molecular formula is C20H26N6O2. The van der Waals surface area contributed by atoms with Gasteiger partial charge in [0.15, 0.2) is 23.2 Å². The third-order valence-electron chi connectivity index (χ3n) is 5.46. The molecule has 28 heavy (non-hydrogen) atoms. The van der Waals surface area contributed by atoms with Gasteiger partial charge in [0.05, 0.1) is 19.2 Å². The molecule has 0 saturated carbocycles. The fourth-order valence-electron chi connectivity index (χ4n) is 4.00. The van der Waals surface area contributed by atoms with E-state index in [-0.39, 0.29) is 11.8 Å². The van der Waals surface area contributed by atoms with Crippen molar-refractivity contribution in [1.29, 1.82) is 0 Å². The number of ether oxygens (including phenoxy) is 1. The predicted octanol–water partition coefficient (Wildman–Crippen LogP) is 2.17. The highest BCUT2D eigenvalue weighted by Crippen LogP contribution is 2.31. The van der Waals surface area contributed by atoms with Crippen molar-refractivity contribution < 1.29 is 9.53 Å². The summed E-state index contributed by atoms with van der Waals surface area (Å²) in [5.41, 5.74) is 0. The van der Waals surface area contributed by atoms with Gasteiger partial charge in [0.25, 0.3) is 0 Å². The van der Waals surface area contributed by atoms with Gasteiger partial charge in [-0.05, 0) is 38.2 Å². The summed E-state index contributed by atoms with van der Waals surface area (Å²) in [6, 6.07) is 1.76. The van der Waals surface area contributed by atoms with E-state index >= 15 is 0 Å². The Morgan fingerprint density at radius 1 is 1.04 bits per heavy atom. The first kappa shape index (κ1) is 18.6. The highest BCUT2D eigenvalue weighted by Gasteiger charge is 2.31. The van der Waals surface area contributed by atoms with Gasteiger partial charge in [-0.1, -0.05) is 0 Å². The average Bonchev–Trinajstić information content (AvgIpc) is 2.79. The number of hydrogen-bond acceptors (Lipinski definition) is 7. The molecule has 0 spiro atoms. The molecule has 0 N–H and O–H groups in total. The second kappa shape index (κ2) is 8.50. The van der Waals surface area contributed by atoms with Gasteiger partial charge in [-0.3, -0.25) is 4.79 Å². The molecular weight excluding hydrogens is 356 g/mol. The van der Waals surface area contributed by atoms with Crippen LogP contribution in [-0.4, -0.2) is 64.0 Å². The first-order chi connectivity index (χ1) is 13.8. The first-order valence-corrected chi connectivity index (χ1v) is 9.98. The number of methoxy groups -OCH3 is 1. The van der Waals surface area contributed by atoms with Crippen molar-refractivity contribution in [2.24, 2.45) is 5.92 Å². The lowest BCUT2D eigenvalue weighted by Crippen LogP contribution is -2.46. The highest BCUT2D eigenvalue weighted by atomic mass is 16.5. The van der Waals surface area contributed by atoms with E-state index in [2.05, 4.69) is 24.8 Å². The van der Waals surface area contributed by atoms with Crippen LogP contribution in [0.1, 0.15) is 32.1 Å². The zero-order valence-corrected chi connectivity index (χ0v) is 16.3. The van der Waals surface area contributed by atoms with Crippen LogP contribution in [0.25, 0.3) is 11.6 Å². The topological polar surface area (TPSA) is 84.3 Å². The molecule has 0 aliphatic carbocycles. The molecule has 1 amide bonds. The standard InChI is InChI=1S/C20H26N6O2/c1-28-16-13-23-18(17-21-8-6-9-22-17)24-19(16)26-12-5-7-15(14-26)20(27)25-10-3-2-4-11-25/h6,8-9,13,15H,2-5,7,10-12,14H2,1H3. The Kier molecular flexibility index (Phi) is 5.64. The molecule has 2 saturated heterocycles. The normalized spacial score (nSPS) is 20.1. The molecule has 2 fully saturated rings. The Balaban J connectivity index is 1.56. The van der Waals surface area contributed by atoms with Crippen molar-refractivity contribution in [3.63, 3.8) is 0 Å². The van der Waals surface area contributed by atoms with Gasteiger partial charge >= 0.3 is 0 Å². The number of likely N-dealkylation sites (tertiary alicyclic amines) is 1. The molecule has 1 atom stereocenters. The highest BCUT2D eigenvalue weighted by molar-refractivity contribution is 5.80. The minimum absolute atomic E-state index is 0.00273. The van der Waals surface area contributed by atoms with Gasteiger partial charge in [-0.15, -0.1) is 0 Å². The molecule has 2 aliphatic heterocycles. The molecule has 148 valence electrons. The SMILES string of the molecule is COc1cnc(-c2ncccn2)nc1N1CCCC(C(=O)N2CCCCC2)C1. The summed E-state index contributed by atoms with van der Waals surface area (Å²) in [6.45, 7) is 3.27. The summed E-state index contributed by atoms with van der Waals surface area (Å²) in [6.07, 6.45) is 10.3. The first-order valence-electron chi connectivity index (χ1n) is 9.98. The smallest absolute Gasteiger partial charge is 0.227 e. The molecule has 0 radical (unpaired) electrons. The number of rotatable bonds is 4. The molecule has 4 heterocycles. The number of carbonyl (C=O) groups is 1. The predicted molar refractivity (Wildman–Crippen MR) is 105 cm³/mol. The Hall–Kier alpha value is -2.77. The molecule has 2 aliphatic rings. The summed E-state index contributed by atoms with van der Waals surface area (Å²) < 4.78 is 5.50. The maximum absolute atomic E-state index is 13.0. The number of amides is 1. The monoisotopic (exact) mass is 382 g/mol. The molecule has 0 bridgehead atoms. The summed E-state index contributed by atoms with van der Waals surface area (Å²) in [7, 11) is 1.61. The number of anilines is 1. The molecule has 8 heteroatoms. The van der Waals surface area contributed by atoms with Crippen LogP contribution in [0.2, 0.25) is 0 Å². The average molecular weight is 382 g/mol. The van der Waals surface area contributed by atoms with Gasteiger partial charge < -0.3 is 14.5 Å². The number of nitrogens with zero attached hydrogens (tertiary/aromatic N) is 6. The number of hydrogen-bond donors (Lipinski definition) is 0. The van der Waals surface area contributed by atoms with Crippen LogP contribution in [0.5, 0.6) is 5.75 Å². The number of aromatic nitrogens is 4. The quantitative estimate of drug-likeness (QED) is 0.801. The van der Waals surface area contributed by atoms with Gasteiger partial charge in [-0.25, -0.2) is 19.9 Å². The summed E-state index contributed by atoms with van der Waals surface area (Å²) in [5, 5.41) is 0. The van der Waals surface area contributed by atoms with Crippen molar-refractivity contribution >= 4 is 11.7 Å². The van der Waals surface area contributed by atoms with Crippen molar-refractivity contribution in [3.8, 4) is 17.4 Å². The van der Waals surface area contributed by atoms with Gasteiger partial charge in [-0.2, -0.15) is 0 Å². The van der Waals surface area contributed by atoms with Crippen molar-refractivity contribution in [3.05, 3.63) is 24.7 Å².